The molecule has 3 heteroatoms. The highest BCUT2D eigenvalue weighted by Gasteiger charge is 2.24. The summed E-state index contributed by atoms with van der Waals surface area (Å²) in [5.74, 6) is 1.82. The molecule has 1 aromatic heterocycles. The number of hydrogen-bond acceptors (Lipinski definition) is 3. The Labute approximate surface area is 97.8 Å². The van der Waals surface area contributed by atoms with E-state index in [0.29, 0.717) is 12.0 Å². The lowest BCUT2D eigenvalue weighted by molar-refractivity contribution is 0.136. The fourth-order valence-electron chi connectivity index (χ4n) is 2.37. The van der Waals surface area contributed by atoms with E-state index in [2.05, 4.69) is 30.1 Å². The van der Waals surface area contributed by atoms with Crippen molar-refractivity contribution in [1.29, 1.82) is 0 Å². The summed E-state index contributed by atoms with van der Waals surface area (Å²) in [6.45, 7) is 8.98. The van der Waals surface area contributed by atoms with Crippen LogP contribution in [0.3, 0.4) is 0 Å². The molecule has 0 unspecified atom stereocenters. The number of piperazine rings is 1. The van der Waals surface area contributed by atoms with Crippen molar-refractivity contribution in [1.82, 2.24) is 10.2 Å². The Kier molecular flexibility index (Phi) is 4.02. The molecule has 0 spiro atoms. The largest absolute Gasteiger partial charge is 0.468 e. The molecule has 1 atom stereocenters. The van der Waals surface area contributed by atoms with Gasteiger partial charge in [-0.2, -0.15) is 0 Å². The van der Waals surface area contributed by atoms with Crippen molar-refractivity contribution in [2.75, 3.05) is 26.2 Å². The Morgan fingerprint density at radius 2 is 2.12 bits per heavy atom. The lowest BCUT2D eigenvalue weighted by atomic mass is 10.00. The monoisotopic (exact) mass is 222 g/mol. The molecule has 16 heavy (non-hydrogen) atoms. The van der Waals surface area contributed by atoms with Gasteiger partial charge in [0.25, 0.3) is 0 Å². The maximum atomic E-state index is 5.59. The average molecular weight is 222 g/mol. The van der Waals surface area contributed by atoms with Crippen molar-refractivity contribution < 1.29 is 4.42 Å². The van der Waals surface area contributed by atoms with Crippen molar-refractivity contribution in [3.63, 3.8) is 0 Å². The second-order valence-corrected chi connectivity index (χ2v) is 4.95. The van der Waals surface area contributed by atoms with Gasteiger partial charge in [-0.15, -0.1) is 0 Å². The van der Waals surface area contributed by atoms with E-state index in [4.69, 9.17) is 4.42 Å². The second-order valence-electron chi connectivity index (χ2n) is 4.95. The summed E-state index contributed by atoms with van der Waals surface area (Å²) in [4.78, 5) is 2.54. The molecule has 3 nitrogen and oxygen atoms in total. The lowest BCUT2D eigenvalue weighted by Gasteiger charge is -2.34. The van der Waals surface area contributed by atoms with Gasteiger partial charge in [-0.05, 0) is 24.5 Å². The molecule has 0 amide bonds. The van der Waals surface area contributed by atoms with Crippen LogP contribution < -0.4 is 5.32 Å². The van der Waals surface area contributed by atoms with Gasteiger partial charge < -0.3 is 9.73 Å². The van der Waals surface area contributed by atoms with E-state index in [-0.39, 0.29) is 0 Å². The topological polar surface area (TPSA) is 28.4 Å². The summed E-state index contributed by atoms with van der Waals surface area (Å²) < 4.78 is 5.59. The van der Waals surface area contributed by atoms with Gasteiger partial charge in [0.15, 0.2) is 0 Å². The first-order chi connectivity index (χ1) is 7.77. The molecule has 2 heterocycles. The summed E-state index contributed by atoms with van der Waals surface area (Å²) in [6, 6.07) is 4.55. The van der Waals surface area contributed by atoms with Crippen LogP contribution in [0.25, 0.3) is 0 Å². The number of rotatable bonds is 4. The van der Waals surface area contributed by atoms with Crippen LogP contribution in [0.15, 0.2) is 22.8 Å². The van der Waals surface area contributed by atoms with Crippen LogP contribution in [0.1, 0.15) is 32.1 Å². The van der Waals surface area contributed by atoms with Gasteiger partial charge in [0.1, 0.15) is 5.76 Å². The Bertz CT molecular complexity index is 289. The van der Waals surface area contributed by atoms with Crippen LogP contribution in [-0.4, -0.2) is 31.1 Å². The molecule has 0 bridgehead atoms. The van der Waals surface area contributed by atoms with E-state index in [1.54, 1.807) is 6.26 Å². The van der Waals surface area contributed by atoms with Crippen LogP contribution in [0, 0.1) is 5.92 Å². The van der Waals surface area contributed by atoms with Gasteiger partial charge in [-0.1, -0.05) is 13.8 Å². The van der Waals surface area contributed by atoms with E-state index in [9.17, 15) is 0 Å². The second kappa shape index (κ2) is 5.51. The van der Waals surface area contributed by atoms with Gasteiger partial charge in [0.2, 0.25) is 0 Å². The third-order valence-electron chi connectivity index (χ3n) is 3.16. The Hall–Kier alpha value is -0.800. The van der Waals surface area contributed by atoms with Crippen LogP contribution in [0.2, 0.25) is 0 Å². The van der Waals surface area contributed by atoms with Crippen LogP contribution in [-0.2, 0) is 0 Å². The van der Waals surface area contributed by atoms with Gasteiger partial charge in [0.05, 0.1) is 12.3 Å². The van der Waals surface area contributed by atoms with E-state index in [1.165, 1.54) is 6.42 Å². The van der Waals surface area contributed by atoms with Crippen LogP contribution in [0.4, 0.5) is 0 Å². The Morgan fingerprint density at radius 1 is 1.38 bits per heavy atom. The quantitative estimate of drug-likeness (QED) is 0.847. The molecule has 0 aliphatic carbocycles. The van der Waals surface area contributed by atoms with Crippen molar-refractivity contribution in [3.8, 4) is 0 Å². The van der Waals surface area contributed by atoms with E-state index < -0.39 is 0 Å². The minimum Gasteiger partial charge on any atom is -0.468 e. The van der Waals surface area contributed by atoms with Crippen molar-refractivity contribution in [3.05, 3.63) is 24.2 Å². The highest BCUT2D eigenvalue weighted by atomic mass is 16.3. The van der Waals surface area contributed by atoms with Gasteiger partial charge in [0, 0.05) is 26.2 Å². The summed E-state index contributed by atoms with van der Waals surface area (Å²) >= 11 is 0. The summed E-state index contributed by atoms with van der Waals surface area (Å²) in [5, 5.41) is 3.40. The molecule has 1 aliphatic heterocycles. The van der Waals surface area contributed by atoms with E-state index in [0.717, 1.165) is 31.9 Å². The first-order valence-corrected chi connectivity index (χ1v) is 6.25. The first-order valence-electron chi connectivity index (χ1n) is 6.25. The summed E-state index contributed by atoms with van der Waals surface area (Å²) in [7, 11) is 0. The zero-order chi connectivity index (χ0) is 11.4. The number of hydrogen-bond donors (Lipinski definition) is 1. The summed E-state index contributed by atoms with van der Waals surface area (Å²) in [5.41, 5.74) is 0. The number of nitrogens with zero attached hydrogens (tertiary/aromatic N) is 1. The zero-order valence-electron chi connectivity index (χ0n) is 10.3. The molecular weight excluding hydrogens is 200 g/mol. The fraction of sp³-hybridized carbons (Fsp3) is 0.692. The molecule has 1 aliphatic rings. The molecule has 1 fully saturated rings. The predicted octanol–water partition coefficient (Wildman–Crippen LogP) is 2.27. The van der Waals surface area contributed by atoms with Gasteiger partial charge >= 0.3 is 0 Å². The highest BCUT2D eigenvalue weighted by molar-refractivity contribution is 5.05. The third kappa shape index (κ3) is 2.86. The third-order valence-corrected chi connectivity index (χ3v) is 3.16. The molecule has 2 rings (SSSR count). The predicted molar refractivity (Wildman–Crippen MR) is 65.3 cm³/mol. The Morgan fingerprint density at radius 3 is 2.69 bits per heavy atom. The zero-order valence-corrected chi connectivity index (χ0v) is 10.3. The average Bonchev–Trinajstić information content (AvgIpc) is 2.80. The van der Waals surface area contributed by atoms with Crippen molar-refractivity contribution in [2.24, 2.45) is 5.92 Å². The lowest BCUT2D eigenvalue weighted by Crippen LogP contribution is -2.45. The van der Waals surface area contributed by atoms with Crippen LogP contribution >= 0.6 is 0 Å². The fourth-order valence-corrected chi connectivity index (χ4v) is 2.37. The maximum absolute atomic E-state index is 5.59. The smallest absolute Gasteiger partial charge is 0.120 e. The maximum Gasteiger partial charge on any atom is 0.120 e. The molecule has 0 radical (unpaired) electrons. The first kappa shape index (κ1) is 11.7. The molecule has 1 aromatic rings. The van der Waals surface area contributed by atoms with E-state index in [1.807, 2.05) is 6.07 Å². The minimum atomic E-state index is 0.456. The standard InChI is InChI=1S/C13H22N2O/c1-11(2)10-12(13-4-3-9-16-13)15-7-5-14-6-8-15/h3-4,9,11-12,14H,5-8,10H2,1-2H3/t12-/m1/s1. The van der Waals surface area contributed by atoms with Crippen molar-refractivity contribution in [2.45, 2.75) is 26.3 Å². The van der Waals surface area contributed by atoms with Gasteiger partial charge in [-0.3, -0.25) is 4.90 Å². The Balaban J connectivity index is 2.07. The van der Waals surface area contributed by atoms with Crippen LogP contribution in [0.5, 0.6) is 0 Å². The van der Waals surface area contributed by atoms with Crippen molar-refractivity contribution >= 4 is 0 Å². The summed E-state index contributed by atoms with van der Waals surface area (Å²) in [6.07, 6.45) is 2.96. The molecule has 90 valence electrons. The number of nitrogens with one attached hydrogen (secondary N) is 1. The van der Waals surface area contributed by atoms with E-state index >= 15 is 0 Å². The molecule has 1 saturated heterocycles. The molecule has 0 aromatic carbocycles. The molecule has 1 N–H and O–H groups in total. The SMILES string of the molecule is CC(C)C[C@H](c1ccco1)N1CCNCC1. The molecular formula is C13H22N2O. The molecule has 0 saturated carbocycles. The normalized spacial score (nSPS) is 20.2. The van der Waals surface area contributed by atoms with Gasteiger partial charge in [-0.25, -0.2) is 0 Å². The number of furan rings is 1. The minimum absolute atomic E-state index is 0.456. The highest BCUT2D eigenvalue weighted by Crippen LogP contribution is 2.28.